The lowest BCUT2D eigenvalue weighted by atomic mass is 9.95. The van der Waals surface area contributed by atoms with Crippen LogP contribution in [0.2, 0.25) is 0 Å². The van der Waals surface area contributed by atoms with E-state index in [0.717, 1.165) is 17.7 Å². The molecular weight excluding hydrogens is 228 g/mol. The van der Waals surface area contributed by atoms with Gasteiger partial charge in [0.1, 0.15) is 5.75 Å². The molecule has 3 heteroatoms. The summed E-state index contributed by atoms with van der Waals surface area (Å²) in [5.41, 5.74) is 0.480. The number of hydrogen-bond donors (Lipinski definition) is 1. The van der Waals surface area contributed by atoms with E-state index >= 15 is 0 Å². The second kappa shape index (κ2) is 6.76. The Morgan fingerprint density at radius 3 is 2.56 bits per heavy atom. The van der Waals surface area contributed by atoms with E-state index in [0.29, 0.717) is 13.0 Å². The molecule has 0 fully saturated rings. The van der Waals surface area contributed by atoms with E-state index in [9.17, 15) is 5.11 Å². The van der Waals surface area contributed by atoms with Gasteiger partial charge in [0.05, 0.1) is 18.3 Å². The molecule has 1 N–H and O–H groups in total. The molecule has 0 amide bonds. The number of benzene rings is 1. The molecule has 0 saturated carbocycles. The number of aliphatic hydroxyl groups is 1. The molecule has 1 aromatic carbocycles. The summed E-state index contributed by atoms with van der Waals surface area (Å²) in [4.78, 5) is 0. The molecule has 0 saturated heterocycles. The van der Waals surface area contributed by atoms with Gasteiger partial charge in [-0.05, 0) is 26.3 Å². The van der Waals surface area contributed by atoms with Crippen LogP contribution >= 0.6 is 0 Å². The Bertz CT molecular complexity index is 361. The van der Waals surface area contributed by atoms with Gasteiger partial charge in [-0.25, -0.2) is 0 Å². The van der Waals surface area contributed by atoms with Crippen molar-refractivity contribution in [1.29, 1.82) is 0 Å². The van der Waals surface area contributed by atoms with Gasteiger partial charge in [-0.15, -0.1) is 0 Å². The van der Waals surface area contributed by atoms with E-state index in [-0.39, 0.29) is 5.60 Å². The summed E-state index contributed by atoms with van der Waals surface area (Å²) in [5.74, 6) is 0.763. The fourth-order valence-electron chi connectivity index (χ4n) is 1.76. The van der Waals surface area contributed by atoms with Crippen LogP contribution in [0.3, 0.4) is 0 Å². The van der Waals surface area contributed by atoms with Gasteiger partial charge >= 0.3 is 0 Å². The molecule has 0 aromatic heterocycles. The lowest BCUT2D eigenvalue weighted by Gasteiger charge is -2.26. The summed E-state index contributed by atoms with van der Waals surface area (Å²) in [6.07, 6.45) is 0.914. The number of rotatable bonds is 7. The highest BCUT2D eigenvalue weighted by atomic mass is 16.5. The van der Waals surface area contributed by atoms with E-state index in [2.05, 4.69) is 6.92 Å². The van der Waals surface area contributed by atoms with Crippen LogP contribution in [0.4, 0.5) is 0 Å². The first kappa shape index (κ1) is 15.0. The average molecular weight is 252 g/mol. The molecule has 0 heterocycles. The van der Waals surface area contributed by atoms with E-state index in [4.69, 9.17) is 9.47 Å². The Balaban J connectivity index is 2.81. The molecule has 1 rings (SSSR count). The monoisotopic (exact) mass is 252 g/mol. The Labute approximate surface area is 110 Å². The molecule has 0 radical (unpaired) electrons. The van der Waals surface area contributed by atoms with Crippen LogP contribution in [0.5, 0.6) is 5.75 Å². The highest BCUT2D eigenvalue weighted by Crippen LogP contribution is 2.31. The zero-order valence-electron chi connectivity index (χ0n) is 11.8. The maximum absolute atomic E-state index is 10.3. The van der Waals surface area contributed by atoms with E-state index in [1.807, 2.05) is 38.1 Å². The summed E-state index contributed by atoms with van der Waals surface area (Å²) in [5, 5.41) is 10.3. The smallest absolute Gasteiger partial charge is 0.125 e. The molecule has 1 unspecified atom stereocenters. The van der Waals surface area contributed by atoms with Gasteiger partial charge < -0.3 is 14.6 Å². The summed E-state index contributed by atoms with van der Waals surface area (Å²) in [7, 11) is 1.66. The van der Waals surface area contributed by atoms with Crippen molar-refractivity contribution >= 4 is 0 Å². The van der Waals surface area contributed by atoms with Gasteiger partial charge in [-0.2, -0.15) is 0 Å². The van der Waals surface area contributed by atoms with Gasteiger partial charge in [0.15, 0.2) is 0 Å². The third-order valence-corrected chi connectivity index (χ3v) is 2.98. The summed E-state index contributed by atoms with van der Waals surface area (Å²) in [6.45, 7) is 6.65. The van der Waals surface area contributed by atoms with Gasteiger partial charge in [-0.3, -0.25) is 0 Å². The summed E-state index contributed by atoms with van der Waals surface area (Å²) in [6, 6.07) is 7.63. The highest BCUT2D eigenvalue weighted by molar-refractivity contribution is 5.35. The van der Waals surface area contributed by atoms with Crippen LogP contribution in [0.25, 0.3) is 0 Å². The fourth-order valence-corrected chi connectivity index (χ4v) is 1.76. The number of hydrogen-bond acceptors (Lipinski definition) is 3. The van der Waals surface area contributed by atoms with Crippen molar-refractivity contribution < 1.29 is 14.6 Å². The fraction of sp³-hybridized carbons (Fsp3) is 0.600. The SMILES string of the molecule is CCCOc1ccccc1C(O)CC(C)(C)OC. The number of aliphatic hydroxyl groups excluding tert-OH is 1. The van der Waals surface area contributed by atoms with Crippen LogP contribution in [0.1, 0.15) is 45.3 Å². The van der Waals surface area contributed by atoms with Crippen LogP contribution in [0, 0.1) is 0 Å². The first-order chi connectivity index (χ1) is 8.50. The lowest BCUT2D eigenvalue weighted by Crippen LogP contribution is -2.25. The van der Waals surface area contributed by atoms with E-state index in [1.165, 1.54) is 0 Å². The van der Waals surface area contributed by atoms with Crippen molar-refractivity contribution in [2.24, 2.45) is 0 Å². The second-order valence-corrected chi connectivity index (χ2v) is 5.07. The van der Waals surface area contributed by atoms with Crippen molar-refractivity contribution in [3.63, 3.8) is 0 Å². The quantitative estimate of drug-likeness (QED) is 0.809. The van der Waals surface area contributed by atoms with Crippen molar-refractivity contribution in [1.82, 2.24) is 0 Å². The molecule has 0 aliphatic carbocycles. The average Bonchev–Trinajstić information content (AvgIpc) is 2.36. The number of ether oxygens (including phenoxy) is 2. The largest absolute Gasteiger partial charge is 0.493 e. The zero-order valence-corrected chi connectivity index (χ0v) is 11.8. The van der Waals surface area contributed by atoms with Gasteiger partial charge in [0.2, 0.25) is 0 Å². The molecular formula is C15H24O3. The number of methoxy groups -OCH3 is 1. The van der Waals surface area contributed by atoms with Crippen LogP contribution in [0.15, 0.2) is 24.3 Å². The predicted molar refractivity (Wildman–Crippen MR) is 72.9 cm³/mol. The molecule has 0 spiro atoms. The Hall–Kier alpha value is -1.06. The first-order valence-electron chi connectivity index (χ1n) is 6.45. The first-order valence-corrected chi connectivity index (χ1v) is 6.45. The third-order valence-electron chi connectivity index (χ3n) is 2.98. The Morgan fingerprint density at radius 2 is 1.94 bits per heavy atom. The Kier molecular flexibility index (Phi) is 5.63. The van der Waals surface area contributed by atoms with Crippen LogP contribution in [-0.4, -0.2) is 24.4 Å². The minimum Gasteiger partial charge on any atom is -0.493 e. The molecule has 1 atom stereocenters. The molecule has 18 heavy (non-hydrogen) atoms. The lowest BCUT2D eigenvalue weighted by molar-refractivity contribution is -0.0206. The molecule has 1 aromatic rings. The van der Waals surface area contributed by atoms with Crippen molar-refractivity contribution in [2.75, 3.05) is 13.7 Å². The molecule has 0 aliphatic heterocycles. The van der Waals surface area contributed by atoms with E-state index < -0.39 is 6.10 Å². The van der Waals surface area contributed by atoms with Crippen molar-refractivity contribution in [2.45, 2.75) is 45.3 Å². The standard InChI is InChI=1S/C15H24O3/c1-5-10-18-14-9-7-6-8-12(14)13(16)11-15(2,3)17-4/h6-9,13,16H,5,10-11H2,1-4H3. The topological polar surface area (TPSA) is 38.7 Å². The van der Waals surface area contributed by atoms with Crippen molar-refractivity contribution in [3.8, 4) is 5.75 Å². The highest BCUT2D eigenvalue weighted by Gasteiger charge is 2.24. The summed E-state index contributed by atoms with van der Waals surface area (Å²) >= 11 is 0. The molecule has 0 aliphatic rings. The van der Waals surface area contributed by atoms with Crippen LogP contribution < -0.4 is 4.74 Å². The van der Waals surface area contributed by atoms with Crippen molar-refractivity contribution in [3.05, 3.63) is 29.8 Å². The second-order valence-electron chi connectivity index (χ2n) is 5.07. The Morgan fingerprint density at radius 1 is 1.28 bits per heavy atom. The number of para-hydroxylation sites is 1. The molecule has 102 valence electrons. The maximum Gasteiger partial charge on any atom is 0.125 e. The van der Waals surface area contributed by atoms with E-state index in [1.54, 1.807) is 7.11 Å². The third kappa shape index (κ3) is 4.31. The molecule has 0 bridgehead atoms. The zero-order chi connectivity index (χ0) is 13.6. The van der Waals surface area contributed by atoms with Gasteiger partial charge in [0, 0.05) is 19.1 Å². The minimum absolute atomic E-state index is 0.350. The normalized spacial score (nSPS) is 13.4. The van der Waals surface area contributed by atoms with Crippen LogP contribution in [-0.2, 0) is 4.74 Å². The molecule has 3 nitrogen and oxygen atoms in total. The minimum atomic E-state index is -0.576. The summed E-state index contributed by atoms with van der Waals surface area (Å²) < 4.78 is 11.0. The maximum atomic E-state index is 10.3. The van der Waals surface area contributed by atoms with Gasteiger partial charge in [0.25, 0.3) is 0 Å². The predicted octanol–water partition coefficient (Wildman–Crippen LogP) is 3.32. The van der Waals surface area contributed by atoms with Gasteiger partial charge in [-0.1, -0.05) is 25.1 Å².